The molecular weight excluding hydrogens is 401 g/mol. The van der Waals surface area contributed by atoms with E-state index in [9.17, 15) is 0 Å². The van der Waals surface area contributed by atoms with Crippen molar-refractivity contribution in [3.8, 4) is 5.75 Å². The first kappa shape index (κ1) is 20.1. The summed E-state index contributed by atoms with van der Waals surface area (Å²) in [5, 5.41) is 6.82. The zero-order valence-corrected chi connectivity index (χ0v) is 17.0. The first-order valence-electron chi connectivity index (χ1n) is 8.28. The van der Waals surface area contributed by atoms with E-state index in [0.29, 0.717) is 5.92 Å². The number of hydrogen-bond acceptors (Lipinski definition) is 2. The average Bonchev–Trinajstić information content (AvgIpc) is 3.34. The molecule has 0 aliphatic heterocycles. The van der Waals surface area contributed by atoms with Gasteiger partial charge in [-0.15, -0.1) is 24.0 Å². The normalized spacial score (nSPS) is 15.8. The molecule has 0 bridgehead atoms. The summed E-state index contributed by atoms with van der Waals surface area (Å²) in [4.78, 5) is 4.29. The van der Waals surface area contributed by atoms with Crippen LogP contribution in [0.5, 0.6) is 5.75 Å². The van der Waals surface area contributed by atoms with Gasteiger partial charge in [0.05, 0.1) is 12.6 Å². The Morgan fingerprint density at radius 3 is 2.39 bits per heavy atom. The average molecular weight is 431 g/mol. The van der Waals surface area contributed by atoms with E-state index in [1.165, 1.54) is 18.4 Å². The standard InChI is InChI=1S/C18H29N3O.HI/c1-13(2)12-22-17-9-7-16(8-10-17)14(3)21-18(19-4)20-11-15-5-6-15;/h7-10,13-15H,5-6,11-12H2,1-4H3,(H2,19,20,21);1H. The third kappa shape index (κ3) is 7.42. The van der Waals surface area contributed by atoms with Crippen molar-refractivity contribution in [1.29, 1.82) is 0 Å². The molecule has 1 atom stereocenters. The van der Waals surface area contributed by atoms with E-state index in [2.05, 4.69) is 48.5 Å². The predicted molar refractivity (Wildman–Crippen MR) is 108 cm³/mol. The topological polar surface area (TPSA) is 45.7 Å². The molecule has 0 radical (unpaired) electrons. The Balaban J connectivity index is 0.00000264. The number of hydrogen-bond donors (Lipinski definition) is 2. The van der Waals surface area contributed by atoms with E-state index in [1.54, 1.807) is 0 Å². The minimum absolute atomic E-state index is 0. The molecule has 130 valence electrons. The first-order valence-corrected chi connectivity index (χ1v) is 8.28. The highest BCUT2D eigenvalue weighted by Gasteiger charge is 2.21. The number of benzene rings is 1. The fraction of sp³-hybridized carbons (Fsp3) is 0.611. The molecule has 0 aromatic heterocycles. The molecule has 0 amide bonds. The van der Waals surface area contributed by atoms with Gasteiger partial charge in [-0.25, -0.2) is 0 Å². The molecule has 1 aromatic carbocycles. The zero-order valence-electron chi connectivity index (χ0n) is 14.6. The lowest BCUT2D eigenvalue weighted by molar-refractivity contribution is 0.271. The summed E-state index contributed by atoms with van der Waals surface area (Å²) in [6.07, 6.45) is 2.69. The molecule has 2 rings (SSSR count). The number of nitrogens with zero attached hydrogens (tertiary/aromatic N) is 1. The van der Waals surface area contributed by atoms with Crippen LogP contribution < -0.4 is 15.4 Å². The highest BCUT2D eigenvalue weighted by molar-refractivity contribution is 14.0. The van der Waals surface area contributed by atoms with Crippen LogP contribution in [0.1, 0.15) is 45.2 Å². The van der Waals surface area contributed by atoms with Gasteiger partial charge in [-0.1, -0.05) is 26.0 Å². The monoisotopic (exact) mass is 431 g/mol. The maximum Gasteiger partial charge on any atom is 0.191 e. The largest absolute Gasteiger partial charge is 0.493 e. The van der Waals surface area contributed by atoms with E-state index in [0.717, 1.165) is 30.8 Å². The molecule has 1 unspecified atom stereocenters. The van der Waals surface area contributed by atoms with Gasteiger partial charge in [-0.2, -0.15) is 0 Å². The van der Waals surface area contributed by atoms with E-state index in [1.807, 2.05) is 19.2 Å². The second-order valence-corrected chi connectivity index (χ2v) is 6.54. The lowest BCUT2D eigenvalue weighted by Gasteiger charge is -2.18. The van der Waals surface area contributed by atoms with Gasteiger partial charge < -0.3 is 15.4 Å². The van der Waals surface area contributed by atoms with Crippen LogP contribution in [0.3, 0.4) is 0 Å². The maximum atomic E-state index is 5.72. The van der Waals surface area contributed by atoms with Gasteiger partial charge in [0.1, 0.15) is 5.75 Å². The summed E-state index contributed by atoms with van der Waals surface area (Å²) in [6, 6.07) is 8.51. The van der Waals surface area contributed by atoms with Gasteiger partial charge in [0.2, 0.25) is 0 Å². The molecule has 23 heavy (non-hydrogen) atoms. The van der Waals surface area contributed by atoms with Gasteiger partial charge >= 0.3 is 0 Å². The van der Waals surface area contributed by atoms with E-state index in [4.69, 9.17) is 4.74 Å². The Morgan fingerprint density at radius 2 is 1.87 bits per heavy atom. The molecule has 1 saturated carbocycles. The van der Waals surface area contributed by atoms with E-state index in [-0.39, 0.29) is 30.0 Å². The van der Waals surface area contributed by atoms with Crippen molar-refractivity contribution in [1.82, 2.24) is 10.6 Å². The Labute approximate surface area is 157 Å². The van der Waals surface area contributed by atoms with Gasteiger partial charge in [0.25, 0.3) is 0 Å². The Bertz CT molecular complexity index is 484. The van der Waals surface area contributed by atoms with Crippen LogP contribution in [0.4, 0.5) is 0 Å². The van der Waals surface area contributed by atoms with Crippen LogP contribution in [-0.2, 0) is 0 Å². The van der Waals surface area contributed by atoms with E-state index < -0.39 is 0 Å². The lowest BCUT2D eigenvalue weighted by Crippen LogP contribution is -2.39. The third-order valence-electron chi connectivity index (χ3n) is 3.80. The van der Waals surface area contributed by atoms with Crippen molar-refractivity contribution in [3.05, 3.63) is 29.8 Å². The van der Waals surface area contributed by atoms with Crippen molar-refractivity contribution in [2.45, 2.75) is 39.7 Å². The maximum absolute atomic E-state index is 5.72. The van der Waals surface area contributed by atoms with Crippen molar-refractivity contribution < 1.29 is 4.74 Å². The SMILES string of the molecule is CN=C(NCC1CC1)NC(C)c1ccc(OCC(C)C)cc1.I. The number of aliphatic imine (C=N–C) groups is 1. The third-order valence-corrected chi connectivity index (χ3v) is 3.80. The van der Waals surface area contributed by atoms with Crippen molar-refractivity contribution in [2.75, 3.05) is 20.2 Å². The van der Waals surface area contributed by atoms with Crippen LogP contribution in [0.2, 0.25) is 0 Å². The molecule has 1 fully saturated rings. The predicted octanol–water partition coefficient (Wildman–Crippen LogP) is 3.98. The zero-order chi connectivity index (χ0) is 15.9. The molecule has 1 aromatic rings. The Morgan fingerprint density at radius 1 is 1.22 bits per heavy atom. The molecule has 5 heteroatoms. The van der Waals surface area contributed by atoms with Gasteiger partial charge in [-0.05, 0) is 49.3 Å². The van der Waals surface area contributed by atoms with Gasteiger partial charge in [0, 0.05) is 13.6 Å². The molecule has 2 N–H and O–H groups in total. The molecule has 1 aliphatic rings. The summed E-state index contributed by atoms with van der Waals surface area (Å²) in [7, 11) is 1.82. The smallest absolute Gasteiger partial charge is 0.191 e. The number of guanidine groups is 1. The fourth-order valence-electron chi connectivity index (χ4n) is 2.16. The molecule has 0 spiro atoms. The summed E-state index contributed by atoms with van der Waals surface area (Å²) < 4.78 is 5.72. The van der Waals surface area contributed by atoms with Crippen LogP contribution in [0.25, 0.3) is 0 Å². The molecule has 1 aliphatic carbocycles. The van der Waals surface area contributed by atoms with Crippen LogP contribution in [0, 0.1) is 11.8 Å². The molecule has 0 heterocycles. The van der Waals surface area contributed by atoms with Crippen molar-refractivity contribution in [2.24, 2.45) is 16.8 Å². The summed E-state index contributed by atoms with van der Waals surface area (Å²) in [5.74, 6) is 3.19. The quantitative estimate of drug-likeness (QED) is 0.390. The highest BCUT2D eigenvalue weighted by atomic mass is 127. The minimum atomic E-state index is 0. The second-order valence-electron chi connectivity index (χ2n) is 6.54. The van der Waals surface area contributed by atoms with Crippen molar-refractivity contribution in [3.63, 3.8) is 0 Å². The second kappa shape index (κ2) is 10.0. The summed E-state index contributed by atoms with van der Waals surface area (Å²) in [5.41, 5.74) is 1.23. The van der Waals surface area contributed by atoms with Crippen LogP contribution >= 0.6 is 24.0 Å². The fourth-order valence-corrected chi connectivity index (χ4v) is 2.16. The Hall–Kier alpha value is -0.980. The first-order chi connectivity index (χ1) is 10.6. The highest BCUT2D eigenvalue weighted by Crippen LogP contribution is 2.27. The molecule has 0 saturated heterocycles. The summed E-state index contributed by atoms with van der Waals surface area (Å²) in [6.45, 7) is 8.23. The lowest BCUT2D eigenvalue weighted by atomic mass is 10.1. The van der Waals surface area contributed by atoms with E-state index >= 15 is 0 Å². The molecular formula is C18H30IN3O. The number of rotatable bonds is 7. The molecule has 4 nitrogen and oxygen atoms in total. The number of nitrogens with one attached hydrogen (secondary N) is 2. The summed E-state index contributed by atoms with van der Waals surface area (Å²) >= 11 is 0. The number of ether oxygens (including phenoxy) is 1. The minimum Gasteiger partial charge on any atom is -0.493 e. The van der Waals surface area contributed by atoms with Crippen LogP contribution in [-0.4, -0.2) is 26.2 Å². The van der Waals surface area contributed by atoms with Gasteiger partial charge in [0.15, 0.2) is 5.96 Å². The van der Waals surface area contributed by atoms with Crippen LogP contribution in [0.15, 0.2) is 29.3 Å². The van der Waals surface area contributed by atoms with Crippen molar-refractivity contribution >= 4 is 29.9 Å². The Kier molecular flexibility index (Phi) is 8.73. The number of halogens is 1. The van der Waals surface area contributed by atoms with Gasteiger partial charge in [-0.3, -0.25) is 4.99 Å².